The first-order valence-electron chi connectivity index (χ1n) is 10.7. The molecule has 4 atom stereocenters. The van der Waals surface area contributed by atoms with E-state index in [4.69, 9.17) is 4.43 Å². The zero-order valence-electron chi connectivity index (χ0n) is 19.4. The number of hydrogen-bond acceptors (Lipinski definition) is 2. The summed E-state index contributed by atoms with van der Waals surface area (Å²) in [6.45, 7) is 24.1. The highest BCUT2D eigenvalue weighted by Crippen LogP contribution is 2.45. The van der Waals surface area contributed by atoms with Crippen LogP contribution in [0.3, 0.4) is 0 Å². The van der Waals surface area contributed by atoms with E-state index in [0.717, 1.165) is 25.7 Å². The predicted molar refractivity (Wildman–Crippen MR) is 123 cm³/mol. The lowest BCUT2D eigenvalue weighted by atomic mass is 9.69. The van der Waals surface area contributed by atoms with Crippen LogP contribution in [-0.4, -0.2) is 28.9 Å². The van der Waals surface area contributed by atoms with E-state index in [0.29, 0.717) is 5.92 Å². The first kappa shape index (κ1) is 25.1. The Morgan fingerprint density at radius 1 is 1.26 bits per heavy atom. The Labute approximate surface area is 172 Å². The van der Waals surface area contributed by atoms with Gasteiger partial charge in [-0.2, -0.15) is 0 Å². The molecule has 0 heterocycles. The van der Waals surface area contributed by atoms with Gasteiger partial charge in [-0.1, -0.05) is 46.6 Å². The summed E-state index contributed by atoms with van der Waals surface area (Å²) in [5.41, 5.74) is -0.307. The molecule has 1 unspecified atom stereocenters. The van der Waals surface area contributed by atoms with E-state index < -0.39 is 19.3 Å². The smallest absolute Gasteiger partial charge is 0.192 e. The molecule has 1 saturated carbocycles. The Morgan fingerprint density at radius 2 is 1.85 bits per heavy atom. The second-order valence-electron chi connectivity index (χ2n) is 10.8. The van der Waals surface area contributed by atoms with E-state index in [-0.39, 0.29) is 21.4 Å². The lowest BCUT2D eigenvalue weighted by Gasteiger charge is -2.50. The topological polar surface area (TPSA) is 38.3 Å². The summed E-state index contributed by atoms with van der Waals surface area (Å²) >= 11 is 0. The second kappa shape index (κ2) is 9.23. The van der Waals surface area contributed by atoms with Crippen LogP contribution >= 0.6 is 0 Å². The normalized spacial score (nSPS) is 28.8. The van der Waals surface area contributed by atoms with Gasteiger partial charge in [0.25, 0.3) is 0 Å². The molecule has 5 heteroatoms. The van der Waals surface area contributed by atoms with E-state index in [1.165, 1.54) is 12.8 Å². The molecule has 0 bridgehead atoms. The molecule has 0 spiro atoms. The quantitative estimate of drug-likeness (QED) is 0.371. The van der Waals surface area contributed by atoms with E-state index in [1.807, 2.05) is 26.8 Å². The maximum absolute atomic E-state index is 13.0. The largest absolute Gasteiger partial charge is 0.414 e. The van der Waals surface area contributed by atoms with Gasteiger partial charge in [-0.3, -0.25) is 0 Å². The van der Waals surface area contributed by atoms with Crippen molar-refractivity contribution in [2.45, 2.75) is 122 Å². The molecule has 0 aromatic heterocycles. The molecule has 1 N–H and O–H groups in total. The molecule has 160 valence electrons. The summed E-state index contributed by atoms with van der Waals surface area (Å²) in [7, 11) is -2.98. The van der Waals surface area contributed by atoms with Crippen LogP contribution in [0.1, 0.15) is 87.0 Å². The van der Waals surface area contributed by atoms with Gasteiger partial charge in [0, 0.05) is 12.0 Å². The monoisotopic (exact) mass is 415 g/mol. The molecule has 1 aliphatic carbocycles. The van der Waals surface area contributed by atoms with Crippen LogP contribution in [-0.2, 0) is 15.4 Å². The molecule has 0 aromatic carbocycles. The van der Waals surface area contributed by atoms with Crippen molar-refractivity contribution in [3.8, 4) is 0 Å². The number of unbranched alkanes of at least 4 members (excludes halogenated alkanes) is 1. The summed E-state index contributed by atoms with van der Waals surface area (Å²) in [6.07, 6.45) is 8.86. The zero-order chi connectivity index (χ0) is 21.1. The molecule has 0 radical (unpaired) electrons. The van der Waals surface area contributed by atoms with E-state index in [1.54, 1.807) is 0 Å². The molecule has 0 aliphatic heterocycles. The third kappa shape index (κ3) is 6.25. The summed E-state index contributed by atoms with van der Waals surface area (Å²) in [5.74, 6) is 0.323. The Balaban J connectivity index is 3.21. The molecule has 3 nitrogen and oxygen atoms in total. The van der Waals surface area contributed by atoms with Gasteiger partial charge >= 0.3 is 0 Å². The maximum Gasteiger partial charge on any atom is 0.192 e. The Morgan fingerprint density at radius 3 is 2.30 bits per heavy atom. The average Bonchev–Trinajstić information content (AvgIpc) is 2.51. The lowest BCUT2D eigenvalue weighted by Crippen LogP contribution is -2.60. The molecule has 27 heavy (non-hydrogen) atoms. The molecule has 0 amide bonds. The highest BCUT2D eigenvalue weighted by molar-refractivity contribution is 7.84. The zero-order valence-corrected chi connectivity index (χ0v) is 21.2. The van der Waals surface area contributed by atoms with Crippen molar-refractivity contribution in [2.75, 3.05) is 0 Å². The predicted octanol–water partition coefficient (Wildman–Crippen LogP) is 6.34. The fourth-order valence-electron chi connectivity index (χ4n) is 3.63. The van der Waals surface area contributed by atoms with E-state index in [9.17, 15) is 4.21 Å². The Bertz CT molecular complexity index is 521. The SMILES string of the molecule is C=C[C@]1(NS(=O)C(C)(C)C)CCC[C@H](O[Si](C)(C)C(C)(C)C)[C@H]1CCCC. The highest BCUT2D eigenvalue weighted by Gasteiger charge is 2.49. The van der Waals surface area contributed by atoms with Crippen molar-refractivity contribution >= 4 is 19.3 Å². The minimum Gasteiger partial charge on any atom is -0.414 e. The first-order valence-corrected chi connectivity index (χ1v) is 14.8. The van der Waals surface area contributed by atoms with Crippen molar-refractivity contribution < 1.29 is 8.63 Å². The van der Waals surface area contributed by atoms with Crippen molar-refractivity contribution in [3.63, 3.8) is 0 Å². The van der Waals surface area contributed by atoms with Crippen LogP contribution in [0, 0.1) is 5.92 Å². The number of rotatable bonds is 8. The fourth-order valence-corrected chi connectivity index (χ4v) is 6.01. The standard InChI is InChI=1S/C22H45NO2SSi/c1-11-13-15-18-19(25-27(9,10)21(6,7)8)16-14-17-22(18,12-2)23-26(24)20(3,4)5/h12,18-19,23H,2,11,13-17H2,1,3-10H3/t18-,19+,22+,26?/m1/s1. The minimum atomic E-state index is -1.86. The van der Waals surface area contributed by atoms with Crippen molar-refractivity contribution in [3.05, 3.63) is 12.7 Å². The number of hydrogen-bond donors (Lipinski definition) is 1. The van der Waals surface area contributed by atoms with Gasteiger partial charge < -0.3 is 4.43 Å². The number of nitrogens with one attached hydrogen (secondary N) is 1. The van der Waals surface area contributed by atoms with Crippen LogP contribution in [0.2, 0.25) is 18.1 Å². The van der Waals surface area contributed by atoms with Crippen LogP contribution in [0.5, 0.6) is 0 Å². The highest BCUT2D eigenvalue weighted by atomic mass is 32.2. The van der Waals surface area contributed by atoms with Gasteiger partial charge in [0.1, 0.15) is 0 Å². The molecular weight excluding hydrogens is 370 g/mol. The minimum absolute atomic E-state index is 0.193. The summed E-state index contributed by atoms with van der Waals surface area (Å²) in [4.78, 5) is 0. The van der Waals surface area contributed by atoms with Crippen LogP contribution in [0.15, 0.2) is 12.7 Å². The lowest BCUT2D eigenvalue weighted by molar-refractivity contribution is 0.0316. The summed E-state index contributed by atoms with van der Waals surface area (Å²) in [5, 5.41) is 0.193. The first-order chi connectivity index (χ1) is 12.2. The van der Waals surface area contributed by atoms with Crippen LogP contribution < -0.4 is 4.72 Å². The van der Waals surface area contributed by atoms with Gasteiger partial charge in [-0.15, -0.1) is 6.58 Å². The van der Waals surface area contributed by atoms with Crippen LogP contribution in [0.4, 0.5) is 0 Å². The van der Waals surface area contributed by atoms with Gasteiger partial charge in [0.15, 0.2) is 8.32 Å². The molecule has 1 aliphatic rings. The summed E-state index contributed by atoms with van der Waals surface area (Å²) < 4.78 is 23.1. The fraction of sp³-hybridized carbons (Fsp3) is 0.909. The van der Waals surface area contributed by atoms with Gasteiger partial charge in [0.05, 0.1) is 21.3 Å². The summed E-state index contributed by atoms with van der Waals surface area (Å²) in [6, 6.07) is 0. The molecule has 1 fully saturated rings. The maximum atomic E-state index is 13.0. The van der Waals surface area contributed by atoms with Crippen molar-refractivity contribution in [1.29, 1.82) is 0 Å². The van der Waals surface area contributed by atoms with Gasteiger partial charge in [-0.25, -0.2) is 8.93 Å². The van der Waals surface area contributed by atoms with Crippen molar-refractivity contribution in [2.24, 2.45) is 5.92 Å². The Kier molecular flexibility index (Phi) is 8.57. The van der Waals surface area contributed by atoms with E-state index in [2.05, 4.69) is 52.1 Å². The average molecular weight is 416 g/mol. The molecule has 0 aromatic rings. The third-order valence-electron chi connectivity index (χ3n) is 6.51. The van der Waals surface area contributed by atoms with E-state index >= 15 is 0 Å². The van der Waals surface area contributed by atoms with Gasteiger partial charge in [0.2, 0.25) is 0 Å². The molecule has 1 rings (SSSR count). The Hall–Kier alpha value is 0.0269. The molecule has 0 saturated heterocycles. The van der Waals surface area contributed by atoms with Crippen molar-refractivity contribution in [1.82, 2.24) is 4.72 Å². The van der Waals surface area contributed by atoms with Crippen LogP contribution in [0.25, 0.3) is 0 Å². The second-order valence-corrected chi connectivity index (χ2v) is 17.5. The molecular formula is C22H45NO2SSi. The van der Waals surface area contributed by atoms with Gasteiger partial charge in [-0.05, 0) is 64.6 Å². The third-order valence-corrected chi connectivity index (χ3v) is 12.7.